The number of hydrogen-bond acceptors (Lipinski definition) is 3. The second kappa shape index (κ2) is 8.41. The van der Waals surface area contributed by atoms with E-state index in [0.29, 0.717) is 17.9 Å². The lowest BCUT2D eigenvalue weighted by molar-refractivity contribution is -0.128. The molecule has 3 rings (SSSR count). The third kappa shape index (κ3) is 4.47. The fourth-order valence-corrected chi connectivity index (χ4v) is 4.23. The topological polar surface area (TPSA) is 49.4 Å². The molecule has 0 unspecified atom stereocenters. The van der Waals surface area contributed by atoms with Crippen LogP contribution < -0.4 is 5.32 Å². The summed E-state index contributed by atoms with van der Waals surface area (Å²) in [7, 11) is 0. The molecule has 1 aliphatic heterocycles. The Morgan fingerprint density at radius 1 is 1.15 bits per heavy atom. The van der Waals surface area contributed by atoms with Crippen LogP contribution in [0.25, 0.3) is 0 Å². The normalized spacial score (nSPS) is 17.0. The largest absolute Gasteiger partial charge is 0.350 e. The molecule has 2 amide bonds. The van der Waals surface area contributed by atoms with Crippen molar-refractivity contribution >= 4 is 23.6 Å². The molecule has 2 aromatic carbocycles. The van der Waals surface area contributed by atoms with E-state index in [0.717, 1.165) is 12.0 Å². The summed E-state index contributed by atoms with van der Waals surface area (Å²) in [5.41, 5.74) is 2.94. The van der Waals surface area contributed by atoms with Gasteiger partial charge >= 0.3 is 0 Å². The zero-order valence-corrected chi connectivity index (χ0v) is 16.0. The molecule has 4 nitrogen and oxygen atoms in total. The van der Waals surface area contributed by atoms with Gasteiger partial charge in [-0.2, -0.15) is 0 Å². The van der Waals surface area contributed by atoms with Crippen molar-refractivity contribution in [2.45, 2.75) is 31.7 Å². The Hall–Kier alpha value is -2.27. The molecule has 26 heavy (non-hydrogen) atoms. The number of carbonyl (C=O) groups excluding carboxylic acids is 2. The number of carbonyl (C=O) groups is 2. The molecule has 1 aliphatic rings. The Kier molecular flexibility index (Phi) is 5.99. The summed E-state index contributed by atoms with van der Waals surface area (Å²) >= 11 is 1.65. The molecule has 0 aromatic heterocycles. The summed E-state index contributed by atoms with van der Waals surface area (Å²) in [5, 5.41) is 2.92. The van der Waals surface area contributed by atoms with Crippen LogP contribution in [0.15, 0.2) is 54.6 Å². The van der Waals surface area contributed by atoms with Crippen molar-refractivity contribution in [2.75, 3.05) is 12.3 Å². The maximum Gasteiger partial charge on any atom is 0.251 e. The number of thioether (sulfide) groups is 1. The number of nitrogens with one attached hydrogen (secondary N) is 1. The van der Waals surface area contributed by atoms with Gasteiger partial charge < -0.3 is 10.2 Å². The minimum absolute atomic E-state index is 0.0217. The van der Waals surface area contributed by atoms with Gasteiger partial charge in [-0.3, -0.25) is 9.59 Å². The quantitative estimate of drug-likeness (QED) is 0.847. The van der Waals surface area contributed by atoms with E-state index in [1.165, 1.54) is 5.56 Å². The van der Waals surface area contributed by atoms with E-state index in [9.17, 15) is 9.59 Å². The van der Waals surface area contributed by atoms with E-state index in [1.54, 1.807) is 11.8 Å². The first-order valence-electron chi connectivity index (χ1n) is 8.90. The SMILES string of the molecule is CC(C)NC(=O)c1ccc([C@H]2SCC(=O)N2CCc2ccccc2)cc1. The van der Waals surface area contributed by atoms with Gasteiger partial charge in [-0.05, 0) is 43.5 Å². The summed E-state index contributed by atoms with van der Waals surface area (Å²) in [6, 6.07) is 17.9. The number of benzene rings is 2. The maximum absolute atomic E-state index is 12.3. The van der Waals surface area contributed by atoms with E-state index in [1.807, 2.05) is 61.2 Å². The molecular formula is C21H24N2O2S. The molecular weight excluding hydrogens is 344 g/mol. The van der Waals surface area contributed by atoms with Gasteiger partial charge in [0.2, 0.25) is 5.91 Å². The summed E-state index contributed by atoms with van der Waals surface area (Å²) in [5.74, 6) is 0.620. The van der Waals surface area contributed by atoms with Crippen molar-refractivity contribution in [2.24, 2.45) is 0 Å². The second-order valence-corrected chi connectivity index (χ2v) is 7.80. The Morgan fingerprint density at radius 2 is 1.85 bits per heavy atom. The van der Waals surface area contributed by atoms with Gasteiger partial charge in [-0.15, -0.1) is 11.8 Å². The first kappa shape index (κ1) is 18.5. The molecule has 2 aromatic rings. The van der Waals surface area contributed by atoms with Crippen molar-refractivity contribution in [1.82, 2.24) is 10.2 Å². The van der Waals surface area contributed by atoms with Gasteiger partial charge in [0.25, 0.3) is 5.91 Å². The van der Waals surface area contributed by atoms with E-state index in [4.69, 9.17) is 0 Å². The number of rotatable bonds is 6. The highest BCUT2D eigenvalue weighted by atomic mass is 32.2. The zero-order chi connectivity index (χ0) is 18.5. The van der Waals surface area contributed by atoms with Crippen molar-refractivity contribution < 1.29 is 9.59 Å². The molecule has 1 saturated heterocycles. The van der Waals surface area contributed by atoms with E-state index < -0.39 is 0 Å². The lowest BCUT2D eigenvalue weighted by Crippen LogP contribution is -2.31. The van der Waals surface area contributed by atoms with Gasteiger partial charge in [-0.25, -0.2) is 0 Å². The highest BCUT2D eigenvalue weighted by Crippen LogP contribution is 2.38. The van der Waals surface area contributed by atoms with E-state index >= 15 is 0 Å². The van der Waals surface area contributed by atoms with E-state index in [-0.39, 0.29) is 23.2 Å². The van der Waals surface area contributed by atoms with Crippen LogP contribution in [-0.4, -0.2) is 35.1 Å². The minimum Gasteiger partial charge on any atom is -0.350 e. The molecule has 1 atom stereocenters. The zero-order valence-electron chi connectivity index (χ0n) is 15.1. The Morgan fingerprint density at radius 3 is 2.50 bits per heavy atom. The number of hydrogen-bond donors (Lipinski definition) is 1. The van der Waals surface area contributed by atoms with Gasteiger partial charge in [0.05, 0.1) is 5.75 Å². The van der Waals surface area contributed by atoms with Crippen LogP contribution in [-0.2, 0) is 11.2 Å². The molecule has 0 spiro atoms. The van der Waals surface area contributed by atoms with Gasteiger partial charge in [0.15, 0.2) is 0 Å². The van der Waals surface area contributed by atoms with Gasteiger partial charge in [0.1, 0.15) is 5.37 Å². The first-order chi connectivity index (χ1) is 12.5. The summed E-state index contributed by atoms with van der Waals surface area (Å²) in [6.45, 7) is 4.59. The predicted molar refractivity (Wildman–Crippen MR) is 106 cm³/mol. The molecule has 136 valence electrons. The van der Waals surface area contributed by atoms with Crippen LogP contribution >= 0.6 is 11.8 Å². The van der Waals surface area contributed by atoms with Crippen molar-refractivity contribution in [3.8, 4) is 0 Å². The average Bonchev–Trinajstić information content (AvgIpc) is 3.01. The third-order valence-electron chi connectivity index (χ3n) is 4.33. The van der Waals surface area contributed by atoms with Gasteiger partial charge in [0, 0.05) is 18.2 Å². The summed E-state index contributed by atoms with van der Waals surface area (Å²) in [6.07, 6.45) is 0.846. The number of nitrogens with zero attached hydrogens (tertiary/aromatic N) is 1. The Bertz CT molecular complexity index is 759. The van der Waals surface area contributed by atoms with Crippen LogP contribution in [0.3, 0.4) is 0 Å². The molecule has 1 N–H and O–H groups in total. The Labute approximate surface area is 159 Å². The van der Waals surface area contributed by atoms with E-state index in [2.05, 4.69) is 17.4 Å². The molecule has 0 saturated carbocycles. The van der Waals surface area contributed by atoms with Crippen molar-refractivity contribution in [3.63, 3.8) is 0 Å². The van der Waals surface area contributed by atoms with Crippen LogP contribution in [0.1, 0.15) is 40.7 Å². The fourth-order valence-electron chi connectivity index (χ4n) is 3.01. The molecule has 5 heteroatoms. The first-order valence-corrected chi connectivity index (χ1v) is 9.95. The maximum atomic E-state index is 12.3. The van der Waals surface area contributed by atoms with Crippen LogP contribution in [0.5, 0.6) is 0 Å². The van der Waals surface area contributed by atoms with Gasteiger partial charge in [-0.1, -0.05) is 42.5 Å². The smallest absolute Gasteiger partial charge is 0.251 e. The third-order valence-corrected chi connectivity index (χ3v) is 5.59. The highest BCUT2D eigenvalue weighted by molar-refractivity contribution is 8.00. The van der Waals surface area contributed by atoms with Crippen molar-refractivity contribution in [1.29, 1.82) is 0 Å². The second-order valence-electron chi connectivity index (χ2n) is 6.74. The number of amides is 2. The Balaban J connectivity index is 1.68. The van der Waals surface area contributed by atoms with Crippen LogP contribution in [0, 0.1) is 0 Å². The average molecular weight is 369 g/mol. The standard InChI is InChI=1S/C21H24N2O2S/c1-15(2)22-20(25)17-8-10-18(11-9-17)21-23(19(24)14-26-21)13-12-16-6-4-3-5-7-16/h3-11,15,21H,12-14H2,1-2H3,(H,22,25)/t21-/m1/s1. The predicted octanol–water partition coefficient (Wildman–Crippen LogP) is 3.64. The summed E-state index contributed by atoms with van der Waals surface area (Å²) < 4.78 is 0. The molecule has 0 aliphatic carbocycles. The highest BCUT2D eigenvalue weighted by Gasteiger charge is 2.32. The fraction of sp³-hybridized carbons (Fsp3) is 0.333. The monoisotopic (exact) mass is 368 g/mol. The molecule has 0 radical (unpaired) electrons. The van der Waals surface area contributed by atoms with Crippen LogP contribution in [0.2, 0.25) is 0 Å². The lowest BCUT2D eigenvalue weighted by Gasteiger charge is -2.24. The van der Waals surface area contributed by atoms with Crippen molar-refractivity contribution in [3.05, 3.63) is 71.3 Å². The molecule has 1 heterocycles. The summed E-state index contributed by atoms with van der Waals surface area (Å²) in [4.78, 5) is 26.3. The molecule has 0 bridgehead atoms. The lowest BCUT2D eigenvalue weighted by atomic mass is 10.1. The minimum atomic E-state index is -0.0670. The molecule has 1 fully saturated rings. The van der Waals surface area contributed by atoms with Crippen LogP contribution in [0.4, 0.5) is 0 Å².